The molecule has 0 radical (unpaired) electrons. The van der Waals surface area contributed by atoms with Crippen molar-refractivity contribution in [3.63, 3.8) is 0 Å². The van der Waals surface area contributed by atoms with Crippen molar-refractivity contribution >= 4 is 16.1 Å². The third-order valence-electron chi connectivity index (χ3n) is 2.87. The van der Waals surface area contributed by atoms with Crippen molar-refractivity contribution < 1.29 is 22.1 Å². The molecule has 100 valence electrons. The van der Waals surface area contributed by atoms with Gasteiger partial charge in [0.25, 0.3) is 10.1 Å². The van der Waals surface area contributed by atoms with E-state index < -0.39 is 10.1 Å². The Morgan fingerprint density at radius 3 is 2.53 bits per heavy atom. The molecule has 2 unspecified atom stereocenters. The molecule has 6 heteroatoms. The Balaban J connectivity index is 2.56. The topological polar surface area (TPSA) is 69.7 Å². The quantitative estimate of drug-likeness (QED) is 0.555. The number of carbonyl (C=O) groups is 1. The molecular weight excluding hydrogens is 244 g/mol. The highest BCUT2D eigenvalue weighted by Crippen LogP contribution is 2.30. The summed E-state index contributed by atoms with van der Waals surface area (Å²) in [7, 11) is -3.46. The van der Waals surface area contributed by atoms with E-state index in [4.69, 9.17) is 8.92 Å². The number of ether oxygens (including phenoxy) is 1. The van der Waals surface area contributed by atoms with E-state index in [1.165, 1.54) is 0 Å². The van der Waals surface area contributed by atoms with Gasteiger partial charge in [-0.05, 0) is 25.7 Å². The van der Waals surface area contributed by atoms with Crippen LogP contribution in [0.2, 0.25) is 0 Å². The SMILES string of the molecule is CCOC(=O)CC1CCCCC1OS(C)(=O)=O. The van der Waals surface area contributed by atoms with Gasteiger partial charge in [-0.1, -0.05) is 12.8 Å². The molecule has 1 aliphatic carbocycles. The fourth-order valence-corrected chi connectivity index (χ4v) is 2.89. The van der Waals surface area contributed by atoms with Crippen molar-refractivity contribution in [1.29, 1.82) is 0 Å². The Morgan fingerprint density at radius 2 is 1.94 bits per heavy atom. The highest BCUT2D eigenvalue weighted by atomic mass is 32.2. The summed E-state index contributed by atoms with van der Waals surface area (Å²) in [5, 5.41) is 0. The number of hydrogen-bond acceptors (Lipinski definition) is 5. The molecular formula is C11H20O5S. The Kier molecular flexibility index (Phi) is 5.39. The summed E-state index contributed by atoms with van der Waals surface area (Å²) in [5.41, 5.74) is 0. The Labute approximate surface area is 103 Å². The van der Waals surface area contributed by atoms with Gasteiger partial charge in [0, 0.05) is 0 Å². The molecule has 0 N–H and O–H groups in total. The predicted octanol–water partition coefficient (Wildman–Crippen LogP) is 1.47. The minimum atomic E-state index is -3.46. The number of hydrogen-bond donors (Lipinski definition) is 0. The van der Waals surface area contributed by atoms with Crippen molar-refractivity contribution in [3.05, 3.63) is 0 Å². The van der Waals surface area contributed by atoms with E-state index in [1.807, 2.05) is 0 Å². The van der Waals surface area contributed by atoms with Gasteiger partial charge < -0.3 is 4.74 Å². The third-order valence-corrected chi connectivity index (χ3v) is 3.47. The van der Waals surface area contributed by atoms with Crippen LogP contribution in [-0.2, 0) is 23.8 Å². The molecule has 0 aromatic rings. The average molecular weight is 264 g/mol. The molecule has 0 spiro atoms. The first-order chi connectivity index (χ1) is 7.92. The van der Waals surface area contributed by atoms with Crippen LogP contribution < -0.4 is 0 Å². The van der Waals surface area contributed by atoms with Crippen molar-refractivity contribution in [2.45, 2.75) is 45.1 Å². The van der Waals surface area contributed by atoms with Crippen LogP contribution in [0.1, 0.15) is 39.0 Å². The van der Waals surface area contributed by atoms with Gasteiger partial charge in [-0.3, -0.25) is 8.98 Å². The maximum atomic E-state index is 11.4. The van der Waals surface area contributed by atoms with Crippen molar-refractivity contribution in [2.24, 2.45) is 5.92 Å². The molecule has 0 heterocycles. The van der Waals surface area contributed by atoms with Gasteiger partial charge >= 0.3 is 5.97 Å². The maximum Gasteiger partial charge on any atom is 0.306 e. The molecule has 1 saturated carbocycles. The first-order valence-corrected chi connectivity index (χ1v) is 7.78. The summed E-state index contributed by atoms with van der Waals surface area (Å²) in [5.74, 6) is -0.320. The Hall–Kier alpha value is -0.620. The van der Waals surface area contributed by atoms with Crippen molar-refractivity contribution in [2.75, 3.05) is 12.9 Å². The molecule has 0 saturated heterocycles. The van der Waals surface area contributed by atoms with E-state index in [0.717, 1.165) is 25.5 Å². The normalized spacial score (nSPS) is 25.5. The van der Waals surface area contributed by atoms with Crippen LogP contribution in [0.25, 0.3) is 0 Å². The highest BCUT2D eigenvalue weighted by Gasteiger charge is 2.30. The summed E-state index contributed by atoms with van der Waals surface area (Å²) in [6.07, 6.45) is 4.38. The first kappa shape index (κ1) is 14.4. The minimum Gasteiger partial charge on any atom is -0.466 e. The molecule has 1 rings (SSSR count). The van der Waals surface area contributed by atoms with Gasteiger partial charge in [0.2, 0.25) is 0 Å². The van der Waals surface area contributed by atoms with Crippen LogP contribution in [0.4, 0.5) is 0 Å². The molecule has 5 nitrogen and oxygen atoms in total. The average Bonchev–Trinajstić information content (AvgIpc) is 2.19. The first-order valence-electron chi connectivity index (χ1n) is 5.96. The summed E-state index contributed by atoms with van der Waals surface area (Å²) in [4.78, 5) is 11.4. The van der Waals surface area contributed by atoms with Crippen molar-refractivity contribution in [3.8, 4) is 0 Å². The molecule has 1 fully saturated rings. The summed E-state index contributed by atoms with van der Waals surface area (Å²) >= 11 is 0. The van der Waals surface area contributed by atoms with E-state index in [0.29, 0.717) is 13.0 Å². The van der Waals surface area contributed by atoms with Crippen LogP contribution in [0.5, 0.6) is 0 Å². The highest BCUT2D eigenvalue weighted by molar-refractivity contribution is 7.86. The Morgan fingerprint density at radius 1 is 1.29 bits per heavy atom. The van der Waals surface area contributed by atoms with Gasteiger partial charge in [-0.15, -0.1) is 0 Å². The summed E-state index contributed by atoms with van der Waals surface area (Å²) < 4.78 is 32.2. The van der Waals surface area contributed by atoms with Crippen LogP contribution in [-0.4, -0.2) is 33.4 Å². The molecule has 1 aliphatic rings. The number of esters is 1. The van der Waals surface area contributed by atoms with E-state index in [9.17, 15) is 13.2 Å². The fraction of sp³-hybridized carbons (Fsp3) is 0.909. The van der Waals surface area contributed by atoms with Crippen LogP contribution in [0.3, 0.4) is 0 Å². The van der Waals surface area contributed by atoms with Crippen LogP contribution in [0.15, 0.2) is 0 Å². The van der Waals surface area contributed by atoms with Gasteiger partial charge in [0.05, 0.1) is 25.4 Å². The molecule has 0 bridgehead atoms. The van der Waals surface area contributed by atoms with E-state index >= 15 is 0 Å². The van der Waals surface area contributed by atoms with E-state index in [-0.39, 0.29) is 24.4 Å². The predicted molar refractivity (Wildman–Crippen MR) is 62.9 cm³/mol. The molecule has 2 atom stereocenters. The second kappa shape index (κ2) is 6.35. The van der Waals surface area contributed by atoms with E-state index in [1.54, 1.807) is 6.92 Å². The van der Waals surface area contributed by atoms with Gasteiger partial charge in [0.15, 0.2) is 0 Å². The number of rotatable bonds is 5. The largest absolute Gasteiger partial charge is 0.466 e. The van der Waals surface area contributed by atoms with Gasteiger partial charge in [-0.25, -0.2) is 0 Å². The van der Waals surface area contributed by atoms with Gasteiger partial charge in [-0.2, -0.15) is 8.42 Å². The lowest BCUT2D eigenvalue weighted by molar-refractivity contribution is -0.145. The lowest BCUT2D eigenvalue weighted by atomic mass is 9.84. The zero-order valence-electron chi connectivity index (χ0n) is 10.3. The zero-order chi connectivity index (χ0) is 12.9. The van der Waals surface area contributed by atoms with Gasteiger partial charge in [0.1, 0.15) is 0 Å². The second-order valence-electron chi connectivity index (χ2n) is 4.39. The Bertz CT molecular complexity index is 349. The molecule has 0 aliphatic heterocycles. The smallest absolute Gasteiger partial charge is 0.306 e. The van der Waals surface area contributed by atoms with Crippen LogP contribution in [0, 0.1) is 5.92 Å². The second-order valence-corrected chi connectivity index (χ2v) is 5.99. The molecule has 0 amide bonds. The lowest BCUT2D eigenvalue weighted by Gasteiger charge is -2.29. The molecule has 0 aromatic carbocycles. The lowest BCUT2D eigenvalue weighted by Crippen LogP contribution is -2.31. The van der Waals surface area contributed by atoms with Crippen molar-refractivity contribution in [1.82, 2.24) is 0 Å². The summed E-state index contributed by atoms with van der Waals surface area (Å²) in [6, 6.07) is 0. The third kappa shape index (κ3) is 5.50. The van der Waals surface area contributed by atoms with Crippen LogP contribution >= 0.6 is 0 Å². The zero-order valence-corrected chi connectivity index (χ0v) is 11.2. The molecule has 0 aromatic heterocycles. The summed E-state index contributed by atoms with van der Waals surface area (Å²) in [6.45, 7) is 2.10. The fourth-order valence-electron chi connectivity index (χ4n) is 2.19. The molecule has 17 heavy (non-hydrogen) atoms. The minimum absolute atomic E-state index is 0.0440. The maximum absolute atomic E-state index is 11.4. The standard InChI is InChI=1S/C11H20O5S/c1-3-15-11(12)8-9-6-4-5-7-10(9)16-17(2,13)14/h9-10H,3-8H2,1-2H3. The monoisotopic (exact) mass is 264 g/mol. The number of carbonyl (C=O) groups excluding carboxylic acids is 1. The van der Waals surface area contributed by atoms with E-state index in [2.05, 4.69) is 0 Å².